The van der Waals surface area contributed by atoms with Gasteiger partial charge in [0, 0.05) is 17.3 Å². The van der Waals surface area contributed by atoms with E-state index in [0.717, 1.165) is 12.3 Å². The van der Waals surface area contributed by atoms with Crippen LogP contribution < -0.4 is 0 Å². The Morgan fingerprint density at radius 1 is 0.862 bits per heavy atom. The second-order valence-corrected chi connectivity index (χ2v) is 13.1. The first kappa shape index (κ1) is 23.4. The molecule has 0 atom stereocenters. The standard InChI is InChI=1S/C20H23F6NOSi/c1-18(2,3)29(4,5)28-12-14-10-9-13(11-27-14)17-15(19(21,22)23)7-6-8-16(17)20(24,25)26/h6-11H,12H2,1-5H3. The molecule has 0 unspecified atom stereocenters. The zero-order chi connectivity index (χ0) is 22.3. The smallest absolute Gasteiger partial charge is 0.411 e. The van der Waals surface area contributed by atoms with Crippen LogP contribution in [0.25, 0.3) is 11.1 Å². The lowest BCUT2D eigenvalue weighted by Crippen LogP contribution is -2.40. The van der Waals surface area contributed by atoms with Gasteiger partial charge in [-0.1, -0.05) is 32.9 Å². The van der Waals surface area contributed by atoms with Gasteiger partial charge in [-0.3, -0.25) is 4.98 Å². The lowest BCUT2D eigenvalue weighted by Gasteiger charge is -2.36. The van der Waals surface area contributed by atoms with Gasteiger partial charge in [0.2, 0.25) is 0 Å². The Morgan fingerprint density at radius 2 is 1.38 bits per heavy atom. The third-order valence-electron chi connectivity index (χ3n) is 5.18. The number of hydrogen-bond acceptors (Lipinski definition) is 2. The minimum atomic E-state index is -4.93. The first-order valence-corrected chi connectivity index (χ1v) is 11.8. The molecule has 160 valence electrons. The van der Waals surface area contributed by atoms with Crippen LogP contribution in [0.4, 0.5) is 26.3 Å². The van der Waals surface area contributed by atoms with Crippen molar-refractivity contribution in [3.63, 3.8) is 0 Å². The van der Waals surface area contributed by atoms with E-state index in [4.69, 9.17) is 4.43 Å². The van der Waals surface area contributed by atoms with Gasteiger partial charge >= 0.3 is 12.4 Å². The van der Waals surface area contributed by atoms with Gasteiger partial charge in [-0.05, 0) is 36.3 Å². The van der Waals surface area contributed by atoms with Crippen molar-refractivity contribution in [2.24, 2.45) is 0 Å². The second kappa shape index (κ2) is 7.75. The summed E-state index contributed by atoms with van der Waals surface area (Å²) in [6.07, 6.45) is -8.83. The van der Waals surface area contributed by atoms with Crippen molar-refractivity contribution < 1.29 is 30.8 Å². The van der Waals surface area contributed by atoms with E-state index in [9.17, 15) is 26.3 Å². The van der Waals surface area contributed by atoms with Crippen LogP contribution in [0, 0.1) is 0 Å². The number of pyridine rings is 1. The molecule has 0 aliphatic rings. The summed E-state index contributed by atoms with van der Waals surface area (Å²) in [5, 5.41) is -0.0415. The Bertz CT molecular complexity index is 819. The van der Waals surface area contributed by atoms with E-state index in [1.807, 2.05) is 13.1 Å². The molecule has 0 bridgehead atoms. The number of nitrogens with zero attached hydrogens (tertiary/aromatic N) is 1. The van der Waals surface area contributed by atoms with Crippen molar-refractivity contribution >= 4 is 8.32 Å². The normalized spacial score (nSPS) is 13.6. The van der Waals surface area contributed by atoms with Gasteiger partial charge in [0.05, 0.1) is 23.4 Å². The molecular formula is C20H23F6NOSi. The molecule has 0 N–H and O–H groups in total. The first-order chi connectivity index (χ1) is 13.0. The molecule has 0 radical (unpaired) electrons. The number of hydrogen-bond donors (Lipinski definition) is 0. The molecule has 1 heterocycles. The van der Waals surface area contributed by atoms with Crippen molar-refractivity contribution in [3.8, 4) is 11.1 Å². The van der Waals surface area contributed by atoms with Crippen LogP contribution in [0.3, 0.4) is 0 Å². The number of halogens is 6. The number of benzene rings is 1. The lowest BCUT2D eigenvalue weighted by atomic mass is 9.94. The summed E-state index contributed by atoms with van der Waals surface area (Å²) in [5.74, 6) is 0. The molecule has 0 amide bonds. The van der Waals surface area contributed by atoms with Crippen molar-refractivity contribution in [2.75, 3.05) is 0 Å². The number of aromatic nitrogens is 1. The highest BCUT2D eigenvalue weighted by Crippen LogP contribution is 2.44. The topological polar surface area (TPSA) is 22.1 Å². The van der Waals surface area contributed by atoms with E-state index in [2.05, 4.69) is 25.8 Å². The predicted molar refractivity (Wildman–Crippen MR) is 102 cm³/mol. The molecule has 29 heavy (non-hydrogen) atoms. The maximum atomic E-state index is 13.3. The highest BCUT2D eigenvalue weighted by atomic mass is 28.4. The summed E-state index contributed by atoms with van der Waals surface area (Å²) in [4.78, 5) is 4.05. The van der Waals surface area contributed by atoms with Crippen LogP contribution in [0.1, 0.15) is 37.6 Å². The lowest BCUT2D eigenvalue weighted by molar-refractivity contribution is -0.142. The molecule has 0 saturated heterocycles. The largest absolute Gasteiger partial charge is 0.417 e. The molecule has 0 aliphatic heterocycles. The summed E-state index contributed by atoms with van der Waals surface area (Å²) in [6, 6.07) is 4.65. The molecule has 0 aliphatic carbocycles. The summed E-state index contributed by atoms with van der Waals surface area (Å²) < 4.78 is 86.0. The van der Waals surface area contributed by atoms with Gasteiger partial charge in [-0.25, -0.2) is 0 Å². The third kappa shape index (κ3) is 5.39. The monoisotopic (exact) mass is 435 g/mol. The fraction of sp³-hybridized carbons (Fsp3) is 0.450. The predicted octanol–water partition coefficient (Wildman–Crippen LogP) is 7.31. The number of alkyl halides is 6. The van der Waals surface area contributed by atoms with Crippen LogP contribution in [0.15, 0.2) is 36.5 Å². The first-order valence-electron chi connectivity index (χ1n) is 8.91. The van der Waals surface area contributed by atoms with Crippen LogP contribution in [-0.4, -0.2) is 13.3 Å². The molecule has 2 nitrogen and oxygen atoms in total. The van der Waals surface area contributed by atoms with E-state index in [1.165, 1.54) is 12.1 Å². The Hall–Kier alpha value is -1.87. The second-order valence-electron chi connectivity index (χ2n) is 8.31. The van der Waals surface area contributed by atoms with E-state index in [-0.39, 0.29) is 17.2 Å². The molecule has 9 heteroatoms. The molecule has 0 fully saturated rings. The SMILES string of the molecule is CC(C)(C)[Si](C)(C)OCc1ccc(-c2c(C(F)(F)F)cccc2C(F)(F)F)cn1. The number of rotatable bonds is 4. The van der Waals surface area contributed by atoms with Crippen molar-refractivity contribution in [1.29, 1.82) is 0 Å². The molecule has 1 aromatic carbocycles. The van der Waals surface area contributed by atoms with E-state index < -0.39 is 37.4 Å². The van der Waals surface area contributed by atoms with Crippen molar-refractivity contribution in [2.45, 2.75) is 57.9 Å². The zero-order valence-electron chi connectivity index (χ0n) is 16.8. The highest BCUT2D eigenvalue weighted by molar-refractivity contribution is 6.74. The van der Waals surface area contributed by atoms with Crippen LogP contribution >= 0.6 is 0 Å². The molecule has 0 saturated carbocycles. The fourth-order valence-electron chi connectivity index (χ4n) is 2.46. The van der Waals surface area contributed by atoms with Crippen LogP contribution in [0.5, 0.6) is 0 Å². The minimum Gasteiger partial charge on any atom is -0.411 e. The van der Waals surface area contributed by atoms with Gasteiger partial charge < -0.3 is 4.43 Å². The average molecular weight is 435 g/mol. The Morgan fingerprint density at radius 3 is 1.76 bits per heavy atom. The maximum Gasteiger partial charge on any atom is 0.417 e. The third-order valence-corrected chi connectivity index (χ3v) is 9.65. The molecule has 2 rings (SSSR count). The van der Waals surface area contributed by atoms with Gasteiger partial charge in [0.1, 0.15) is 0 Å². The molecule has 1 aromatic heterocycles. The summed E-state index contributed by atoms with van der Waals surface area (Å²) >= 11 is 0. The fourth-order valence-corrected chi connectivity index (χ4v) is 3.41. The van der Waals surface area contributed by atoms with Crippen molar-refractivity contribution in [1.82, 2.24) is 4.98 Å². The molecular weight excluding hydrogens is 412 g/mol. The van der Waals surface area contributed by atoms with Gasteiger partial charge in [0.25, 0.3) is 0 Å². The Kier molecular flexibility index (Phi) is 6.26. The summed E-state index contributed by atoms with van der Waals surface area (Å²) in [6.45, 7) is 10.4. The summed E-state index contributed by atoms with van der Waals surface area (Å²) in [5.41, 5.74) is -3.42. The van der Waals surface area contributed by atoms with Crippen molar-refractivity contribution in [3.05, 3.63) is 53.3 Å². The quantitative estimate of drug-likeness (QED) is 0.371. The average Bonchev–Trinajstić information content (AvgIpc) is 2.57. The summed E-state index contributed by atoms with van der Waals surface area (Å²) in [7, 11) is -2.07. The van der Waals surface area contributed by atoms with E-state index in [0.29, 0.717) is 17.8 Å². The zero-order valence-corrected chi connectivity index (χ0v) is 17.8. The van der Waals surface area contributed by atoms with Crippen LogP contribution in [-0.2, 0) is 23.4 Å². The van der Waals surface area contributed by atoms with Gasteiger partial charge in [-0.15, -0.1) is 0 Å². The maximum absolute atomic E-state index is 13.3. The Balaban J connectivity index is 2.42. The highest BCUT2D eigenvalue weighted by Gasteiger charge is 2.41. The van der Waals surface area contributed by atoms with Gasteiger partial charge in [-0.2, -0.15) is 26.3 Å². The van der Waals surface area contributed by atoms with E-state index in [1.54, 1.807) is 0 Å². The van der Waals surface area contributed by atoms with E-state index >= 15 is 0 Å². The minimum absolute atomic E-state index is 0.0415. The van der Waals surface area contributed by atoms with Crippen LogP contribution in [0.2, 0.25) is 18.1 Å². The van der Waals surface area contributed by atoms with Gasteiger partial charge in [0.15, 0.2) is 8.32 Å². The Labute approximate surface area is 167 Å². The molecule has 0 spiro atoms. The molecule has 2 aromatic rings.